The molecule has 0 nitrogen and oxygen atoms in total. The summed E-state index contributed by atoms with van der Waals surface area (Å²) < 4.78 is 0. The lowest BCUT2D eigenvalue weighted by Gasteiger charge is -1.91. The predicted octanol–water partition coefficient (Wildman–Crippen LogP) is 2.10. The average molecular weight is 105 g/mol. The summed E-state index contributed by atoms with van der Waals surface area (Å²) in [6.45, 7) is 3.93. The molecule has 0 aliphatic heterocycles. The van der Waals surface area contributed by atoms with E-state index in [4.69, 9.17) is 11.6 Å². The van der Waals surface area contributed by atoms with Gasteiger partial charge in [0.25, 0.3) is 0 Å². The van der Waals surface area contributed by atoms with Crippen LogP contribution in [0.15, 0.2) is 0 Å². The smallest absolute Gasteiger partial charge is 0.0376 e. The van der Waals surface area contributed by atoms with Gasteiger partial charge in [0.15, 0.2) is 0 Å². The highest BCUT2D eigenvalue weighted by Gasteiger charge is 1.89. The number of rotatable bonds is 2. The van der Waals surface area contributed by atoms with Crippen molar-refractivity contribution < 1.29 is 0 Å². The molecule has 0 aliphatic rings. The zero-order chi connectivity index (χ0) is 4.99. The Labute approximate surface area is 44.5 Å². The van der Waals surface area contributed by atoms with Crippen molar-refractivity contribution in [2.45, 2.75) is 25.6 Å². The molecule has 1 atom stereocenters. The second-order valence-electron chi connectivity index (χ2n) is 1.17. The fourth-order valence-electron chi connectivity index (χ4n) is 0.281. The minimum atomic E-state index is 0.120. The van der Waals surface area contributed by atoms with Crippen LogP contribution in [0, 0.1) is 6.42 Å². The van der Waals surface area contributed by atoms with E-state index in [9.17, 15) is 0 Å². The summed E-state index contributed by atoms with van der Waals surface area (Å²) in [7, 11) is 0. The quantitative estimate of drug-likeness (QED) is 0.471. The summed E-state index contributed by atoms with van der Waals surface area (Å²) in [5.41, 5.74) is 0. The van der Waals surface area contributed by atoms with E-state index in [-0.39, 0.29) is 5.38 Å². The van der Waals surface area contributed by atoms with Crippen molar-refractivity contribution >= 4 is 11.6 Å². The molecule has 36 valence electrons. The Morgan fingerprint density at radius 1 is 1.83 bits per heavy atom. The molecule has 0 saturated carbocycles. The van der Waals surface area contributed by atoms with Gasteiger partial charge in [-0.05, 0) is 13.3 Å². The molecule has 0 heterocycles. The molecule has 0 spiro atoms. The first-order valence-corrected chi connectivity index (χ1v) is 2.58. The lowest BCUT2D eigenvalue weighted by Crippen LogP contribution is -1.87. The molecule has 1 heteroatoms. The van der Waals surface area contributed by atoms with Crippen molar-refractivity contribution in [3.05, 3.63) is 6.42 Å². The van der Waals surface area contributed by atoms with Gasteiger partial charge in [0.1, 0.15) is 0 Å². The maximum Gasteiger partial charge on any atom is 0.0376 e. The van der Waals surface area contributed by atoms with Crippen LogP contribution < -0.4 is 0 Å². The molecule has 0 N–H and O–H groups in total. The van der Waals surface area contributed by atoms with Gasteiger partial charge >= 0.3 is 0 Å². The summed E-state index contributed by atoms with van der Waals surface area (Å²) in [6.07, 6.45) is 3.92. The van der Waals surface area contributed by atoms with Gasteiger partial charge in [-0.2, -0.15) is 0 Å². The van der Waals surface area contributed by atoms with Crippen molar-refractivity contribution in [3.63, 3.8) is 0 Å². The molecule has 0 saturated heterocycles. The molecular weight excluding hydrogens is 95.5 g/mol. The van der Waals surface area contributed by atoms with Gasteiger partial charge in [-0.25, -0.2) is 0 Å². The molecular formula is C5H9Cl. The lowest BCUT2D eigenvalue weighted by molar-refractivity contribution is 0.977. The van der Waals surface area contributed by atoms with E-state index in [1.165, 1.54) is 0 Å². The van der Waals surface area contributed by atoms with E-state index in [0.717, 1.165) is 6.42 Å². The Bertz CT molecular complexity index is 25.1. The Kier molecular flexibility index (Phi) is 3.65. The van der Waals surface area contributed by atoms with Gasteiger partial charge in [-0.3, -0.25) is 0 Å². The topological polar surface area (TPSA) is 0 Å². The Balaban J connectivity index is 2.63. The van der Waals surface area contributed by atoms with Crippen LogP contribution in [0.5, 0.6) is 0 Å². The Morgan fingerprint density at radius 2 is 2.33 bits per heavy atom. The average Bonchev–Trinajstić information content (AvgIpc) is 1.35. The molecule has 1 unspecified atom stereocenters. The van der Waals surface area contributed by atoms with E-state index in [2.05, 4.69) is 6.42 Å². The summed E-state index contributed by atoms with van der Waals surface area (Å²) in [5, 5.41) is 0.120. The fourth-order valence-corrected chi connectivity index (χ4v) is 0.436. The fraction of sp³-hybridized carbons (Fsp3) is 0.800. The second-order valence-corrected chi connectivity index (χ2v) is 1.83. The van der Waals surface area contributed by atoms with Gasteiger partial charge in [-0.15, -0.1) is 11.6 Å². The van der Waals surface area contributed by atoms with E-state index in [1.807, 2.05) is 13.8 Å². The maximum absolute atomic E-state index is 5.47. The van der Waals surface area contributed by atoms with E-state index in [1.54, 1.807) is 0 Å². The largest absolute Gasteiger partial charge is 0.123 e. The van der Waals surface area contributed by atoms with Crippen LogP contribution in [0.4, 0.5) is 0 Å². The molecule has 0 bridgehead atoms. The van der Waals surface area contributed by atoms with Crippen LogP contribution in [-0.4, -0.2) is 5.38 Å². The molecule has 0 rings (SSSR count). The van der Waals surface area contributed by atoms with Crippen molar-refractivity contribution in [1.29, 1.82) is 0 Å². The van der Waals surface area contributed by atoms with Crippen LogP contribution >= 0.6 is 11.6 Å². The zero-order valence-electron chi connectivity index (χ0n) is 4.16. The summed E-state index contributed by atoms with van der Waals surface area (Å²) >= 11 is 5.47. The van der Waals surface area contributed by atoms with Crippen molar-refractivity contribution in [2.75, 3.05) is 0 Å². The van der Waals surface area contributed by atoms with Gasteiger partial charge in [0, 0.05) is 11.8 Å². The van der Waals surface area contributed by atoms with Crippen molar-refractivity contribution in [3.8, 4) is 0 Å². The highest BCUT2D eigenvalue weighted by Crippen LogP contribution is 1.99. The molecule has 6 heavy (non-hydrogen) atoms. The number of hydrogen-bond acceptors (Lipinski definition) is 0. The molecule has 0 fully saturated rings. The number of halogens is 1. The maximum atomic E-state index is 5.47. The Morgan fingerprint density at radius 3 is 2.33 bits per heavy atom. The van der Waals surface area contributed by atoms with E-state index >= 15 is 0 Å². The van der Waals surface area contributed by atoms with Crippen molar-refractivity contribution in [2.24, 2.45) is 0 Å². The Hall–Kier alpha value is 0.290. The molecule has 0 aromatic rings. The summed E-state index contributed by atoms with van der Waals surface area (Å²) in [4.78, 5) is 0. The van der Waals surface area contributed by atoms with Gasteiger partial charge in [0.05, 0.1) is 0 Å². The van der Waals surface area contributed by atoms with Gasteiger partial charge < -0.3 is 0 Å². The highest BCUT2D eigenvalue weighted by atomic mass is 35.5. The van der Waals surface area contributed by atoms with Crippen molar-refractivity contribution in [1.82, 2.24) is 0 Å². The minimum absolute atomic E-state index is 0.120. The third kappa shape index (κ3) is 4.29. The summed E-state index contributed by atoms with van der Waals surface area (Å²) in [6, 6.07) is 0. The monoisotopic (exact) mass is 104 g/mol. The van der Waals surface area contributed by atoms with E-state index in [0.29, 0.717) is 0 Å². The third-order valence-electron chi connectivity index (χ3n) is 0.485. The molecule has 0 aliphatic carbocycles. The normalized spacial score (nSPS) is 14.5. The van der Waals surface area contributed by atoms with Gasteiger partial charge in [-0.1, -0.05) is 6.92 Å². The molecule has 2 radical (unpaired) electrons. The first-order chi connectivity index (χ1) is 2.77. The minimum Gasteiger partial charge on any atom is -0.123 e. The van der Waals surface area contributed by atoms with Crippen LogP contribution in [0.3, 0.4) is 0 Å². The number of alkyl halides is 1. The molecule has 0 amide bonds. The van der Waals surface area contributed by atoms with Crippen LogP contribution in [-0.2, 0) is 0 Å². The van der Waals surface area contributed by atoms with E-state index < -0.39 is 0 Å². The first-order valence-electron chi connectivity index (χ1n) is 2.14. The highest BCUT2D eigenvalue weighted by molar-refractivity contribution is 6.21. The zero-order valence-corrected chi connectivity index (χ0v) is 4.92. The second kappa shape index (κ2) is 3.48. The molecule has 0 aromatic heterocycles. The standard InChI is InChI=1S/C5H9Cl/c1-3-4-5(2)6/h5H,3H2,1-2H3. The number of hydrogen-bond donors (Lipinski definition) is 0. The van der Waals surface area contributed by atoms with Crippen LogP contribution in [0.2, 0.25) is 0 Å². The van der Waals surface area contributed by atoms with Gasteiger partial charge in [0.2, 0.25) is 0 Å². The first kappa shape index (κ1) is 6.29. The lowest BCUT2D eigenvalue weighted by atomic mass is 10.3. The molecule has 0 aromatic carbocycles. The summed E-state index contributed by atoms with van der Waals surface area (Å²) in [5.74, 6) is 0. The predicted molar refractivity (Wildman–Crippen MR) is 28.8 cm³/mol. The van der Waals surface area contributed by atoms with Crippen LogP contribution in [0.25, 0.3) is 0 Å². The third-order valence-corrected chi connectivity index (χ3v) is 0.640. The van der Waals surface area contributed by atoms with Crippen LogP contribution in [0.1, 0.15) is 20.3 Å². The SMILES string of the molecule is CC[C]C(C)Cl.